The van der Waals surface area contributed by atoms with Gasteiger partial charge in [-0.05, 0) is 55.3 Å². The first-order chi connectivity index (χ1) is 20.2. The van der Waals surface area contributed by atoms with Crippen LogP contribution in [-0.2, 0) is 5.41 Å². The molecule has 2 aromatic heterocycles. The predicted octanol–water partition coefficient (Wildman–Crippen LogP) is 5.93. The standard InChI is InChI=1S/C33H28F2N4O3/c1-18-5-7-20(8-6-18)30-28(31(41)36-3)27-26(42-30)10-9-22(29(27)35)23-13-21(14-24(34)19(23)2)25(40)15-33(16-37-17-33)32-38-11-4-12-39-32/h4-14,37H,15-17H2,1-3H3,(H,36,41). The summed E-state index contributed by atoms with van der Waals surface area (Å²) in [5.41, 5.74) is 1.84. The molecule has 0 radical (unpaired) electrons. The SMILES string of the molecule is CNC(=O)c1c(-c2ccc(C)cc2)oc2ccc(-c3cc(C(=O)CC4(c5ncccn5)CNC4)cc(F)c3C)c(F)c12. The van der Waals surface area contributed by atoms with Gasteiger partial charge in [0.25, 0.3) is 5.91 Å². The maximum atomic E-state index is 16.4. The van der Waals surface area contributed by atoms with Gasteiger partial charge in [0.15, 0.2) is 5.78 Å². The molecule has 1 aliphatic heterocycles. The molecule has 5 aromatic rings. The highest BCUT2D eigenvalue weighted by molar-refractivity contribution is 6.12. The fraction of sp³-hybridized carbons (Fsp3) is 0.212. The summed E-state index contributed by atoms with van der Waals surface area (Å²) >= 11 is 0. The smallest absolute Gasteiger partial charge is 0.255 e. The molecule has 1 aliphatic rings. The van der Waals surface area contributed by atoms with Gasteiger partial charge in [-0.3, -0.25) is 9.59 Å². The number of benzene rings is 3. The number of fused-ring (bicyclic) bond motifs is 1. The Morgan fingerprint density at radius 2 is 1.71 bits per heavy atom. The average Bonchev–Trinajstić information content (AvgIpc) is 3.37. The number of carbonyl (C=O) groups excluding carboxylic acids is 2. The maximum absolute atomic E-state index is 16.4. The minimum atomic E-state index is -0.738. The summed E-state index contributed by atoms with van der Waals surface area (Å²) in [6, 6.07) is 14.8. The molecule has 0 bridgehead atoms. The van der Waals surface area contributed by atoms with E-state index in [1.165, 1.54) is 32.2 Å². The molecule has 0 atom stereocenters. The second-order valence-corrected chi connectivity index (χ2v) is 10.7. The van der Waals surface area contributed by atoms with E-state index in [0.29, 0.717) is 24.5 Å². The van der Waals surface area contributed by atoms with Crippen LogP contribution in [0.25, 0.3) is 33.4 Å². The lowest BCUT2D eigenvalue weighted by molar-refractivity contribution is 0.0914. The highest BCUT2D eigenvalue weighted by atomic mass is 19.1. The molecule has 212 valence electrons. The van der Waals surface area contributed by atoms with E-state index in [-0.39, 0.29) is 56.8 Å². The van der Waals surface area contributed by atoms with Gasteiger partial charge in [0.05, 0.1) is 16.4 Å². The molecule has 2 N–H and O–H groups in total. The van der Waals surface area contributed by atoms with Crippen molar-refractivity contribution in [1.29, 1.82) is 0 Å². The van der Waals surface area contributed by atoms with Crippen LogP contribution in [0.3, 0.4) is 0 Å². The van der Waals surface area contributed by atoms with Crippen LogP contribution in [0.15, 0.2) is 71.4 Å². The summed E-state index contributed by atoms with van der Waals surface area (Å²) in [7, 11) is 1.46. The van der Waals surface area contributed by atoms with Gasteiger partial charge in [0.2, 0.25) is 0 Å². The summed E-state index contributed by atoms with van der Waals surface area (Å²) in [4.78, 5) is 35.3. The first kappa shape index (κ1) is 27.4. The highest BCUT2D eigenvalue weighted by Gasteiger charge is 2.43. The average molecular weight is 567 g/mol. The zero-order chi connectivity index (χ0) is 29.6. The first-order valence-electron chi connectivity index (χ1n) is 13.6. The molecule has 3 heterocycles. The van der Waals surface area contributed by atoms with Crippen LogP contribution in [0, 0.1) is 25.5 Å². The van der Waals surface area contributed by atoms with E-state index in [2.05, 4.69) is 20.6 Å². The van der Waals surface area contributed by atoms with Crippen molar-refractivity contribution >= 4 is 22.7 Å². The second kappa shape index (κ2) is 10.6. The molecule has 42 heavy (non-hydrogen) atoms. The summed E-state index contributed by atoms with van der Waals surface area (Å²) in [6.07, 6.45) is 3.32. The Bertz CT molecular complexity index is 1850. The van der Waals surface area contributed by atoms with Crippen LogP contribution in [0.1, 0.15) is 44.1 Å². The van der Waals surface area contributed by atoms with E-state index in [9.17, 15) is 9.59 Å². The van der Waals surface area contributed by atoms with Crippen LogP contribution in [0.5, 0.6) is 0 Å². The molecule has 0 aliphatic carbocycles. The normalized spacial score (nSPS) is 14.0. The number of aromatic nitrogens is 2. The lowest BCUT2D eigenvalue weighted by Gasteiger charge is -2.40. The van der Waals surface area contributed by atoms with Crippen molar-refractivity contribution < 1.29 is 22.8 Å². The number of halogens is 2. The van der Waals surface area contributed by atoms with E-state index in [4.69, 9.17) is 4.42 Å². The van der Waals surface area contributed by atoms with Gasteiger partial charge in [0.1, 0.15) is 28.8 Å². The topological polar surface area (TPSA) is 97.1 Å². The summed E-state index contributed by atoms with van der Waals surface area (Å²) in [6.45, 7) is 4.50. The fourth-order valence-electron chi connectivity index (χ4n) is 5.50. The van der Waals surface area contributed by atoms with Crippen molar-refractivity contribution in [2.75, 3.05) is 20.1 Å². The molecule has 3 aromatic carbocycles. The third-order valence-corrected chi connectivity index (χ3v) is 7.98. The van der Waals surface area contributed by atoms with Crippen molar-refractivity contribution in [2.24, 2.45) is 0 Å². The Hall–Kier alpha value is -4.76. The number of rotatable bonds is 7. The zero-order valence-electron chi connectivity index (χ0n) is 23.3. The Balaban J connectivity index is 1.45. The van der Waals surface area contributed by atoms with Gasteiger partial charge in [0, 0.05) is 55.6 Å². The van der Waals surface area contributed by atoms with Gasteiger partial charge >= 0.3 is 0 Å². The van der Waals surface area contributed by atoms with Crippen LogP contribution in [-0.4, -0.2) is 41.8 Å². The fourth-order valence-corrected chi connectivity index (χ4v) is 5.50. The minimum absolute atomic E-state index is 0.0142. The molecule has 0 saturated carbocycles. The van der Waals surface area contributed by atoms with E-state index >= 15 is 8.78 Å². The number of amides is 1. The molecule has 0 spiro atoms. The highest BCUT2D eigenvalue weighted by Crippen LogP contribution is 2.40. The number of hydrogen-bond acceptors (Lipinski definition) is 6. The third-order valence-electron chi connectivity index (χ3n) is 7.98. The second-order valence-electron chi connectivity index (χ2n) is 10.7. The van der Waals surface area contributed by atoms with Crippen molar-refractivity contribution in [3.05, 3.63) is 107 Å². The van der Waals surface area contributed by atoms with E-state index in [1.807, 2.05) is 19.1 Å². The summed E-state index contributed by atoms with van der Waals surface area (Å²) in [5.74, 6) is -1.41. The lowest BCUT2D eigenvalue weighted by Crippen LogP contribution is -2.58. The molecule has 7 nitrogen and oxygen atoms in total. The van der Waals surface area contributed by atoms with Gasteiger partial charge < -0.3 is 15.1 Å². The van der Waals surface area contributed by atoms with Crippen molar-refractivity contribution in [3.63, 3.8) is 0 Å². The largest absolute Gasteiger partial charge is 0.455 e. The predicted molar refractivity (Wildman–Crippen MR) is 155 cm³/mol. The number of Topliss-reactive ketones (excluding diaryl/α,β-unsaturated/α-hetero) is 1. The Morgan fingerprint density at radius 3 is 2.36 bits per heavy atom. The lowest BCUT2D eigenvalue weighted by atomic mass is 9.75. The number of nitrogens with one attached hydrogen (secondary N) is 2. The van der Waals surface area contributed by atoms with Crippen molar-refractivity contribution in [2.45, 2.75) is 25.7 Å². The zero-order valence-corrected chi connectivity index (χ0v) is 23.3. The molecule has 1 saturated heterocycles. The van der Waals surface area contributed by atoms with Gasteiger partial charge in [-0.1, -0.05) is 29.8 Å². The molecule has 6 rings (SSSR count). The number of nitrogens with zero attached hydrogens (tertiary/aromatic N) is 2. The van der Waals surface area contributed by atoms with Crippen molar-refractivity contribution in [3.8, 4) is 22.5 Å². The number of carbonyl (C=O) groups is 2. The number of furan rings is 1. The molecule has 0 unspecified atom stereocenters. The summed E-state index contributed by atoms with van der Waals surface area (Å²) in [5, 5.41) is 5.74. The minimum Gasteiger partial charge on any atom is -0.455 e. The molecule has 1 fully saturated rings. The Kier molecular flexibility index (Phi) is 6.90. The van der Waals surface area contributed by atoms with Crippen LogP contribution < -0.4 is 10.6 Å². The number of hydrogen-bond donors (Lipinski definition) is 2. The molecule has 1 amide bonds. The summed E-state index contributed by atoms with van der Waals surface area (Å²) < 4.78 is 37.7. The number of ketones is 1. The van der Waals surface area contributed by atoms with Gasteiger partial charge in [-0.25, -0.2) is 18.7 Å². The quantitative estimate of drug-likeness (QED) is 0.237. The maximum Gasteiger partial charge on any atom is 0.255 e. The van der Waals surface area contributed by atoms with Gasteiger partial charge in [-0.2, -0.15) is 0 Å². The van der Waals surface area contributed by atoms with Crippen molar-refractivity contribution in [1.82, 2.24) is 20.6 Å². The van der Waals surface area contributed by atoms with Gasteiger partial charge in [-0.15, -0.1) is 0 Å². The molecular weight excluding hydrogens is 538 g/mol. The van der Waals surface area contributed by atoms with E-state index in [1.54, 1.807) is 36.7 Å². The monoisotopic (exact) mass is 566 g/mol. The Morgan fingerprint density at radius 1 is 1.00 bits per heavy atom. The van der Waals surface area contributed by atoms with E-state index < -0.39 is 23.0 Å². The van der Waals surface area contributed by atoms with Crippen LogP contribution >= 0.6 is 0 Å². The van der Waals surface area contributed by atoms with E-state index in [0.717, 1.165) is 5.56 Å². The molecule has 9 heteroatoms. The Labute approximate surface area is 241 Å². The van der Waals surface area contributed by atoms with Crippen LogP contribution in [0.2, 0.25) is 0 Å². The number of aryl methyl sites for hydroxylation is 1. The third kappa shape index (κ3) is 4.55. The first-order valence-corrected chi connectivity index (χ1v) is 13.6. The van der Waals surface area contributed by atoms with Crippen LogP contribution in [0.4, 0.5) is 8.78 Å². The molecular formula is C33H28F2N4O3.